The number of alkyl carbamates (subject to hydrolysis) is 1. The lowest BCUT2D eigenvalue weighted by Gasteiger charge is -2.29. The van der Waals surface area contributed by atoms with E-state index in [9.17, 15) is 19.5 Å². The maximum Gasteiger partial charge on any atom is 0.408 e. The molecule has 36 heavy (non-hydrogen) atoms. The molecular weight excluding hydrogens is 458 g/mol. The molecule has 3 rings (SSSR count). The minimum atomic E-state index is -1.24. The van der Waals surface area contributed by atoms with Gasteiger partial charge in [-0.3, -0.25) is 14.5 Å². The first-order chi connectivity index (χ1) is 17.0. The lowest BCUT2D eigenvalue weighted by molar-refractivity contribution is -0.136. The fourth-order valence-electron chi connectivity index (χ4n) is 3.57. The summed E-state index contributed by atoms with van der Waals surface area (Å²) in [6.07, 6.45) is 4.91. The summed E-state index contributed by atoms with van der Waals surface area (Å²) in [5.74, 6) is -1.26. The van der Waals surface area contributed by atoms with Gasteiger partial charge in [-0.1, -0.05) is 48.9 Å². The number of nitrogens with zero attached hydrogens (tertiary/aromatic N) is 1. The maximum absolute atomic E-state index is 13.5. The fraction of sp³-hybridized carbons (Fsp3) is 0.250. The summed E-state index contributed by atoms with van der Waals surface area (Å²) in [5.41, 5.74) is 0.140. The van der Waals surface area contributed by atoms with Crippen molar-refractivity contribution in [1.29, 1.82) is 0 Å². The molecule has 8 nitrogen and oxygen atoms in total. The number of aromatic hydroxyl groups is 1. The molecule has 3 aromatic carbocycles. The van der Waals surface area contributed by atoms with Gasteiger partial charge in [-0.15, -0.1) is 0 Å². The third kappa shape index (κ3) is 6.54. The van der Waals surface area contributed by atoms with E-state index in [-0.39, 0.29) is 5.75 Å². The lowest BCUT2D eigenvalue weighted by Crippen LogP contribution is -2.49. The smallest absolute Gasteiger partial charge is 0.408 e. The summed E-state index contributed by atoms with van der Waals surface area (Å²) in [5, 5.41) is 16.9. The van der Waals surface area contributed by atoms with Crippen molar-refractivity contribution in [2.24, 2.45) is 0 Å². The van der Waals surface area contributed by atoms with Crippen LogP contribution < -0.4 is 10.6 Å². The van der Waals surface area contributed by atoms with Crippen molar-refractivity contribution in [3.05, 3.63) is 72.3 Å². The Morgan fingerprint density at radius 1 is 1.00 bits per heavy atom. The Morgan fingerprint density at radius 2 is 1.64 bits per heavy atom. The van der Waals surface area contributed by atoms with E-state index < -0.39 is 35.6 Å². The van der Waals surface area contributed by atoms with E-state index in [2.05, 4.69) is 16.7 Å². The van der Waals surface area contributed by atoms with Crippen molar-refractivity contribution in [2.75, 3.05) is 5.32 Å². The number of fused-ring (bicyclic) bond motifs is 1. The van der Waals surface area contributed by atoms with E-state index in [4.69, 9.17) is 11.2 Å². The highest BCUT2D eigenvalue weighted by Crippen LogP contribution is 2.26. The van der Waals surface area contributed by atoms with Crippen LogP contribution in [0.25, 0.3) is 10.8 Å². The molecule has 3 N–H and O–H groups in total. The largest absolute Gasteiger partial charge is 0.508 e. The van der Waals surface area contributed by atoms with E-state index in [1.54, 1.807) is 26.8 Å². The highest BCUT2D eigenvalue weighted by molar-refractivity contribution is 6.00. The summed E-state index contributed by atoms with van der Waals surface area (Å²) < 4.78 is 5.21. The first kappa shape index (κ1) is 26.1. The van der Waals surface area contributed by atoms with Gasteiger partial charge in [0.25, 0.3) is 11.8 Å². The van der Waals surface area contributed by atoms with Crippen molar-refractivity contribution in [2.45, 2.75) is 45.4 Å². The number of phenols is 1. The zero-order valence-electron chi connectivity index (χ0n) is 20.6. The molecule has 0 aromatic heterocycles. The van der Waals surface area contributed by atoms with Crippen LogP contribution in [0.3, 0.4) is 0 Å². The molecule has 0 radical (unpaired) electrons. The fourth-order valence-corrected chi connectivity index (χ4v) is 3.57. The number of phenolic OH excluding ortho intramolecular Hbond substituents is 1. The van der Waals surface area contributed by atoms with E-state index in [1.165, 1.54) is 31.2 Å². The quantitative estimate of drug-likeness (QED) is 0.349. The first-order valence-electron chi connectivity index (χ1n) is 11.4. The Balaban J connectivity index is 1.89. The molecule has 0 heterocycles. The van der Waals surface area contributed by atoms with Gasteiger partial charge in [0.2, 0.25) is 0 Å². The molecule has 0 fully saturated rings. The summed E-state index contributed by atoms with van der Waals surface area (Å²) in [4.78, 5) is 39.9. The second-order valence-corrected chi connectivity index (χ2v) is 9.25. The number of amides is 3. The molecule has 3 aromatic rings. The zero-order chi connectivity index (χ0) is 26.5. The van der Waals surface area contributed by atoms with E-state index in [0.29, 0.717) is 11.3 Å². The number of nitrogens with one attached hydrogen (secondary N) is 2. The Hall–Kier alpha value is -4.51. The third-order valence-corrected chi connectivity index (χ3v) is 5.21. The molecule has 0 saturated carbocycles. The molecule has 0 aliphatic rings. The van der Waals surface area contributed by atoms with Crippen LogP contribution in [0, 0.1) is 12.5 Å². The van der Waals surface area contributed by atoms with E-state index in [0.717, 1.165) is 15.7 Å². The maximum atomic E-state index is 13.5. The number of hydrogen-bond acceptors (Lipinski definition) is 5. The third-order valence-electron chi connectivity index (χ3n) is 5.21. The zero-order valence-corrected chi connectivity index (χ0v) is 20.6. The van der Waals surface area contributed by atoms with Crippen molar-refractivity contribution in [3.63, 3.8) is 0 Å². The molecule has 8 heteroatoms. The summed E-state index contributed by atoms with van der Waals surface area (Å²) in [7, 11) is 0. The summed E-state index contributed by atoms with van der Waals surface area (Å²) in [6.45, 7) is 6.55. The molecule has 3 amide bonds. The minimum Gasteiger partial charge on any atom is -0.508 e. The molecule has 0 saturated heterocycles. The van der Waals surface area contributed by atoms with Crippen LogP contribution in [-0.2, 0) is 14.3 Å². The van der Waals surface area contributed by atoms with Crippen LogP contribution in [0.15, 0.2) is 66.7 Å². The molecule has 0 aliphatic heterocycles. The number of terminal acetylenes is 1. The lowest BCUT2D eigenvalue weighted by atomic mass is 10.0. The number of hydrogen-bond donors (Lipinski definition) is 3. The Bertz CT molecular complexity index is 1310. The molecule has 0 spiro atoms. The van der Waals surface area contributed by atoms with Crippen molar-refractivity contribution in [3.8, 4) is 18.2 Å². The highest BCUT2D eigenvalue weighted by Gasteiger charge is 2.34. The van der Waals surface area contributed by atoms with Gasteiger partial charge in [-0.25, -0.2) is 4.79 Å². The van der Waals surface area contributed by atoms with E-state index in [1.807, 2.05) is 36.4 Å². The Kier molecular flexibility index (Phi) is 7.85. The topological polar surface area (TPSA) is 108 Å². The van der Waals surface area contributed by atoms with Gasteiger partial charge in [0.05, 0.1) is 0 Å². The molecule has 0 bridgehead atoms. The van der Waals surface area contributed by atoms with Gasteiger partial charge in [0.15, 0.2) is 0 Å². The van der Waals surface area contributed by atoms with Gasteiger partial charge in [-0.2, -0.15) is 0 Å². The second-order valence-electron chi connectivity index (χ2n) is 9.25. The van der Waals surface area contributed by atoms with Crippen LogP contribution in [0.5, 0.6) is 5.75 Å². The summed E-state index contributed by atoms with van der Waals surface area (Å²) in [6, 6.07) is 18.9. The number of anilines is 1. The summed E-state index contributed by atoms with van der Waals surface area (Å²) >= 11 is 0. The van der Waals surface area contributed by atoms with Gasteiger partial charge in [0.1, 0.15) is 23.4 Å². The molecule has 2 atom stereocenters. The predicted octanol–water partition coefficient (Wildman–Crippen LogP) is 4.56. The second kappa shape index (κ2) is 10.8. The number of benzene rings is 3. The Morgan fingerprint density at radius 3 is 2.25 bits per heavy atom. The average molecular weight is 488 g/mol. The average Bonchev–Trinajstić information content (AvgIpc) is 2.81. The van der Waals surface area contributed by atoms with E-state index >= 15 is 0 Å². The van der Waals surface area contributed by atoms with Gasteiger partial charge in [0, 0.05) is 11.7 Å². The standard InChI is InChI=1S/C28H29N3O5/c1-6-31(26(34)18(2)29-27(35)36-28(3,4)5)24(20-12-15-23(32)16-13-20)25(33)30-22-14-11-19-9-7-8-10-21(19)17-22/h1,7-18,24,32H,2-5H3,(H,29,35)(H,30,33). The monoisotopic (exact) mass is 487 g/mol. The van der Waals surface area contributed by atoms with Crippen LogP contribution in [0.1, 0.15) is 39.3 Å². The van der Waals surface area contributed by atoms with Crippen LogP contribution >= 0.6 is 0 Å². The minimum absolute atomic E-state index is 0.00835. The number of ether oxygens (including phenoxy) is 1. The SMILES string of the molecule is C#CN(C(=O)C(C)NC(=O)OC(C)(C)C)C(C(=O)Nc1ccc2ccccc2c1)c1ccc(O)cc1. The predicted molar refractivity (Wildman–Crippen MR) is 138 cm³/mol. The van der Waals surface area contributed by atoms with Crippen molar-refractivity contribution < 1.29 is 24.2 Å². The highest BCUT2D eigenvalue weighted by atomic mass is 16.6. The van der Waals surface area contributed by atoms with Gasteiger partial charge in [-0.05, 0) is 68.3 Å². The number of rotatable bonds is 6. The Labute approximate surface area is 210 Å². The van der Waals surface area contributed by atoms with Crippen LogP contribution in [-0.4, -0.2) is 39.6 Å². The molecule has 186 valence electrons. The molecule has 0 aliphatic carbocycles. The van der Waals surface area contributed by atoms with Crippen LogP contribution in [0.4, 0.5) is 10.5 Å². The first-order valence-corrected chi connectivity index (χ1v) is 11.4. The van der Waals surface area contributed by atoms with Crippen molar-refractivity contribution >= 4 is 34.4 Å². The van der Waals surface area contributed by atoms with Crippen molar-refractivity contribution in [1.82, 2.24) is 10.2 Å². The number of carbonyl (C=O) groups excluding carboxylic acids is 3. The van der Waals surface area contributed by atoms with Crippen LogP contribution in [0.2, 0.25) is 0 Å². The molecular formula is C28H29N3O5. The number of carbonyl (C=O) groups is 3. The normalized spacial score (nSPS) is 12.6. The molecule has 2 unspecified atom stereocenters. The van der Waals surface area contributed by atoms with Gasteiger partial charge >= 0.3 is 6.09 Å². The van der Waals surface area contributed by atoms with Gasteiger partial charge < -0.3 is 20.5 Å².